The van der Waals surface area contributed by atoms with Gasteiger partial charge in [0, 0.05) is 31.5 Å². The molecule has 0 aliphatic heterocycles. The van der Waals surface area contributed by atoms with Crippen molar-refractivity contribution in [1.29, 1.82) is 0 Å². The van der Waals surface area contributed by atoms with Gasteiger partial charge in [-0.25, -0.2) is 4.98 Å². The van der Waals surface area contributed by atoms with Crippen LogP contribution in [0.5, 0.6) is 0 Å². The Morgan fingerprint density at radius 3 is 2.68 bits per heavy atom. The Balaban J connectivity index is 1.92. The van der Waals surface area contributed by atoms with Crippen molar-refractivity contribution in [3.8, 4) is 0 Å². The first kappa shape index (κ1) is 24.6. The number of pyridine rings is 2. The van der Waals surface area contributed by atoms with Crippen LogP contribution in [-0.4, -0.2) is 53.2 Å². The van der Waals surface area contributed by atoms with Crippen LogP contribution in [-0.2, 0) is 16.1 Å². The quantitative estimate of drug-likeness (QED) is 0.269. The van der Waals surface area contributed by atoms with Crippen molar-refractivity contribution in [2.24, 2.45) is 5.92 Å². The van der Waals surface area contributed by atoms with Gasteiger partial charge in [0.05, 0.1) is 26.9 Å². The van der Waals surface area contributed by atoms with Gasteiger partial charge in [0.25, 0.3) is 0 Å². The van der Waals surface area contributed by atoms with Crippen molar-refractivity contribution >= 4 is 57.1 Å². The zero-order chi connectivity index (χ0) is 24.7. The van der Waals surface area contributed by atoms with Crippen LogP contribution in [0, 0.1) is 5.92 Å². The maximum atomic E-state index is 13.4. The molecule has 1 fully saturated rings. The summed E-state index contributed by atoms with van der Waals surface area (Å²) in [6.07, 6.45) is 3.71. The summed E-state index contributed by atoms with van der Waals surface area (Å²) in [6, 6.07) is 7.04. The summed E-state index contributed by atoms with van der Waals surface area (Å²) >= 11 is 7.80. The lowest BCUT2D eigenvalue weighted by atomic mass is 9.72. The number of rotatable bonds is 8. The van der Waals surface area contributed by atoms with Gasteiger partial charge >= 0.3 is 5.97 Å². The maximum Gasteiger partial charge on any atom is 0.323 e. The molecule has 7 nitrogen and oxygen atoms in total. The van der Waals surface area contributed by atoms with Crippen LogP contribution in [0.3, 0.4) is 0 Å². The molecule has 0 bridgehead atoms. The van der Waals surface area contributed by atoms with Crippen molar-refractivity contribution in [1.82, 2.24) is 9.55 Å². The van der Waals surface area contributed by atoms with E-state index in [0.29, 0.717) is 37.7 Å². The molecule has 34 heavy (non-hydrogen) atoms. The lowest BCUT2D eigenvalue weighted by Gasteiger charge is -2.45. The van der Waals surface area contributed by atoms with E-state index in [4.69, 9.17) is 21.3 Å². The summed E-state index contributed by atoms with van der Waals surface area (Å²) in [5.41, 5.74) is 1.71. The molecule has 0 saturated heterocycles. The molecule has 3 aromatic rings. The smallest absolute Gasteiger partial charge is 0.323 e. The first-order valence-electron chi connectivity index (χ1n) is 11.1. The standard InChI is InChI=1S/C25H28ClN3O4S/c1-6-18(16-11-19(33-4)13(16)2)28(3)20-10-8-15-23(32)14-7-9-17(26)24(34-5)22(14)29(12-21(30)31)25(15)27-20/h7-10,16,18-19H,2,6,11-12H2,1,3-5H3,(H,30,31)/t16-,18?,19+/m1/s1. The minimum atomic E-state index is -1.03. The molecule has 2 heterocycles. The van der Waals surface area contributed by atoms with E-state index in [1.54, 1.807) is 29.9 Å². The number of thioether (sulfide) groups is 1. The molecule has 2 aromatic heterocycles. The Bertz CT molecular complexity index is 1360. The second-order valence-corrected chi connectivity index (χ2v) is 9.78. The number of ether oxygens (including phenoxy) is 1. The van der Waals surface area contributed by atoms with Crippen LogP contribution in [0.4, 0.5) is 5.82 Å². The summed E-state index contributed by atoms with van der Waals surface area (Å²) in [6.45, 7) is 5.99. The fraction of sp³-hybridized carbons (Fsp3) is 0.400. The highest BCUT2D eigenvalue weighted by Gasteiger charge is 2.40. The molecule has 4 rings (SSSR count). The second-order valence-electron chi connectivity index (χ2n) is 8.55. The van der Waals surface area contributed by atoms with E-state index < -0.39 is 5.97 Å². The number of aliphatic carboxylic acids is 1. The molecular weight excluding hydrogens is 474 g/mol. The predicted octanol–water partition coefficient (Wildman–Crippen LogP) is 4.82. The van der Waals surface area contributed by atoms with Gasteiger partial charge in [0.1, 0.15) is 18.0 Å². The second kappa shape index (κ2) is 9.60. The number of methoxy groups -OCH3 is 1. The number of carboxylic acids is 1. The molecule has 1 aliphatic rings. The predicted molar refractivity (Wildman–Crippen MR) is 138 cm³/mol. The van der Waals surface area contributed by atoms with Gasteiger partial charge in [-0.15, -0.1) is 11.8 Å². The molecule has 9 heteroatoms. The van der Waals surface area contributed by atoms with E-state index in [0.717, 1.165) is 18.4 Å². The van der Waals surface area contributed by atoms with E-state index in [-0.39, 0.29) is 30.0 Å². The van der Waals surface area contributed by atoms with Gasteiger partial charge in [-0.05, 0) is 48.9 Å². The molecule has 1 unspecified atom stereocenters. The van der Waals surface area contributed by atoms with E-state index in [9.17, 15) is 14.7 Å². The molecule has 1 N–H and O–H groups in total. The topological polar surface area (TPSA) is 84.7 Å². The van der Waals surface area contributed by atoms with Crippen molar-refractivity contribution in [3.63, 3.8) is 0 Å². The molecule has 0 amide bonds. The normalized spacial score (nSPS) is 18.8. The highest BCUT2D eigenvalue weighted by atomic mass is 35.5. The number of carboxylic acid groups (broad SMARTS) is 1. The number of benzene rings is 1. The zero-order valence-electron chi connectivity index (χ0n) is 19.7. The average Bonchev–Trinajstić information content (AvgIpc) is 2.82. The minimum Gasteiger partial charge on any atom is -0.480 e. The number of hydrogen-bond donors (Lipinski definition) is 1. The highest BCUT2D eigenvalue weighted by molar-refractivity contribution is 7.99. The first-order chi connectivity index (χ1) is 16.2. The van der Waals surface area contributed by atoms with Gasteiger partial charge in [-0.1, -0.05) is 25.1 Å². The monoisotopic (exact) mass is 501 g/mol. The molecule has 1 aromatic carbocycles. The summed E-state index contributed by atoms with van der Waals surface area (Å²) in [7, 11) is 3.67. The van der Waals surface area contributed by atoms with Crippen LogP contribution in [0.25, 0.3) is 21.9 Å². The molecule has 0 radical (unpaired) electrons. The number of aromatic nitrogens is 2. The lowest BCUT2D eigenvalue weighted by molar-refractivity contribution is -0.137. The maximum absolute atomic E-state index is 13.4. The average molecular weight is 502 g/mol. The number of fused-ring (bicyclic) bond motifs is 2. The van der Waals surface area contributed by atoms with E-state index in [1.807, 2.05) is 19.4 Å². The molecular formula is C25H28ClN3O4S. The number of hydrogen-bond acceptors (Lipinski definition) is 6. The summed E-state index contributed by atoms with van der Waals surface area (Å²) in [5, 5.41) is 11.0. The molecule has 1 aliphatic carbocycles. The third-order valence-corrected chi connectivity index (χ3v) is 8.09. The van der Waals surface area contributed by atoms with Crippen LogP contribution >= 0.6 is 23.4 Å². The van der Waals surface area contributed by atoms with Gasteiger partial charge in [-0.2, -0.15) is 0 Å². The summed E-state index contributed by atoms with van der Waals surface area (Å²) in [5.74, 6) is -0.0857. The number of halogens is 1. The third-order valence-electron chi connectivity index (χ3n) is 6.84. The zero-order valence-corrected chi connectivity index (χ0v) is 21.2. The van der Waals surface area contributed by atoms with Crippen LogP contribution in [0.1, 0.15) is 19.8 Å². The Labute approximate surface area is 207 Å². The fourth-order valence-electron chi connectivity index (χ4n) is 5.01. The van der Waals surface area contributed by atoms with E-state index >= 15 is 0 Å². The Hall–Kier alpha value is -2.55. The molecule has 0 spiro atoms. The summed E-state index contributed by atoms with van der Waals surface area (Å²) in [4.78, 5) is 32.8. The first-order valence-corrected chi connectivity index (χ1v) is 12.7. The van der Waals surface area contributed by atoms with Gasteiger partial charge in [0.2, 0.25) is 0 Å². The molecule has 3 atom stereocenters. The Morgan fingerprint density at radius 1 is 1.38 bits per heavy atom. The van der Waals surface area contributed by atoms with Crippen LogP contribution in [0.2, 0.25) is 5.02 Å². The van der Waals surface area contributed by atoms with Crippen LogP contribution in [0.15, 0.2) is 46.1 Å². The summed E-state index contributed by atoms with van der Waals surface area (Å²) < 4.78 is 7.06. The fourth-order valence-corrected chi connectivity index (χ4v) is 6.07. The highest BCUT2D eigenvalue weighted by Crippen LogP contribution is 2.41. The van der Waals surface area contributed by atoms with Crippen LogP contribution < -0.4 is 10.3 Å². The minimum absolute atomic E-state index is 0.0823. The number of nitrogens with zero attached hydrogens (tertiary/aromatic N) is 3. The Kier molecular flexibility index (Phi) is 6.94. The van der Waals surface area contributed by atoms with Gasteiger partial charge in [-0.3, -0.25) is 9.59 Å². The largest absolute Gasteiger partial charge is 0.480 e. The SMILES string of the molecule is C=C1[C@@H](OC)C[C@H]1C(CC)N(C)c1ccc2c(=O)c3ccc(Cl)c(SC)c3n(CC(=O)O)c2n1. The number of anilines is 1. The molecule has 180 valence electrons. The lowest BCUT2D eigenvalue weighted by Crippen LogP contribution is -2.48. The van der Waals surface area contributed by atoms with E-state index in [2.05, 4.69) is 18.4 Å². The van der Waals surface area contributed by atoms with Gasteiger partial charge in [0.15, 0.2) is 5.43 Å². The Morgan fingerprint density at radius 2 is 2.09 bits per heavy atom. The number of carbonyl (C=O) groups is 1. The van der Waals surface area contributed by atoms with Crippen molar-refractivity contribution in [2.45, 2.75) is 43.4 Å². The van der Waals surface area contributed by atoms with Crippen molar-refractivity contribution < 1.29 is 14.6 Å². The van der Waals surface area contributed by atoms with Crippen molar-refractivity contribution in [3.05, 3.63) is 51.7 Å². The molecule has 1 saturated carbocycles. The third kappa shape index (κ3) is 3.97. The van der Waals surface area contributed by atoms with E-state index in [1.165, 1.54) is 11.8 Å². The van der Waals surface area contributed by atoms with Gasteiger partial charge < -0.3 is 19.3 Å². The van der Waals surface area contributed by atoms with Crippen molar-refractivity contribution in [2.75, 3.05) is 25.3 Å².